The second-order valence-corrected chi connectivity index (χ2v) is 4.93. The predicted molar refractivity (Wildman–Crippen MR) is 74.0 cm³/mol. The molecule has 0 aromatic heterocycles. The lowest BCUT2D eigenvalue weighted by Crippen LogP contribution is -2.16. The maximum atomic E-state index is 13.5. The molecule has 0 heterocycles. The molecule has 3 heteroatoms. The first-order valence-corrected chi connectivity index (χ1v) is 6.88. The molecule has 0 spiro atoms. The largest absolute Gasteiger partial charge is 0.374 e. The smallest absolute Gasteiger partial charge is 0.124 e. The maximum absolute atomic E-state index is 13.5. The molecule has 1 fully saturated rings. The molecule has 1 aliphatic carbocycles. The van der Waals surface area contributed by atoms with E-state index in [1.54, 1.807) is 0 Å². The zero-order valence-corrected chi connectivity index (χ0v) is 11.1. The molecule has 1 aromatic carbocycles. The average Bonchev–Trinajstić information content (AvgIpc) is 2.43. The van der Waals surface area contributed by atoms with E-state index in [2.05, 4.69) is 11.8 Å². The molecule has 0 amide bonds. The van der Waals surface area contributed by atoms with E-state index in [-0.39, 0.29) is 12.4 Å². The fraction of sp³-hybridized carbons (Fsp3) is 0.500. The van der Waals surface area contributed by atoms with Crippen molar-refractivity contribution in [1.82, 2.24) is 0 Å². The highest BCUT2D eigenvalue weighted by atomic mass is 19.1. The summed E-state index contributed by atoms with van der Waals surface area (Å²) in [5.41, 5.74) is 6.82. The Bertz CT molecular complexity index is 469. The van der Waals surface area contributed by atoms with Gasteiger partial charge >= 0.3 is 0 Å². The number of hydrogen-bond donors (Lipinski definition) is 1. The normalized spacial score (nSPS) is 15.9. The SMILES string of the molecule is NCC#Cc1cc(F)cc(COC2CCCCC2)c1. The third-order valence-electron chi connectivity index (χ3n) is 3.33. The van der Waals surface area contributed by atoms with Gasteiger partial charge in [0.25, 0.3) is 0 Å². The van der Waals surface area contributed by atoms with E-state index < -0.39 is 0 Å². The zero-order valence-electron chi connectivity index (χ0n) is 11.1. The average molecular weight is 261 g/mol. The Morgan fingerprint density at radius 3 is 2.74 bits per heavy atom. The van der Waals surface area contributed by atoms with Crippen LogP contribution in [-0.4, -0.2) is 12.6 Å². The van der Waals surface area contributed by atoms with Gasteiger partial charge in [0.1, 0.15) is 5.82 Å². The molecule has 0 atom stereocenters. The van der Waals surface area contributed by atoms with Gasteiger partial charge in [-0.05, 0) is 36.6 Å². The van der Waals surface area contributed by atoms with Crippen molar-refractivity contribution in [3.63, 3.8) is 0 Å². The lowest BCUT2D eigenvalue weighted by Gasteiger charge is -2.22. The van der Waals surface area contributed by atoms with Crippen LogP contribution in [0.15, 0.2) is 18.2 Å². The van der Waals surface area contributed by atoms with Crippen molar-refractivity contribution in [2.24, 2.45) is 5.73 Å². The summed E-state index contributed by atoms with van der Waals surface area (Å²) in [5.74, 6) is 5.32. The van der Waals surface area contributed by atoms with Crippen LogP contribution in [0.1, 0.15) is 43.2 Å². The Morgan fingerprint density at radius 2 is 2.00 bits per heavy atom. The summed E-state index contributed by atoms with van der Waals surface area (Å²) in [5, 5.41) is 0. The minimum atomic E-state index is -0.272. The van der Waals surface area contributed by atoms with Crippen LogP contribution >= 0.6 is 0 Å². The number of nitrogens with two attached hydrogens (primary N) is 1. The molecule has 0 unspecified atom stereocenters. The van der Waals surface area contributed by atoms with Gasteiger partial charge in [0.05, 0.1) is 19.3 Å². The van der Waals surface area contributed by atoms with Gasteiger partial charge in [-0.1, -0.05) is 31.1 Å². The molecule has 2 rings (SSSR count). The Balaban J connectivity index is 1.97. The highest BCUT2D eigenvalue weighted by Crippen LogP contribution is 2.21. The monoisotopic (exact) mass is 261 g/mol. The summed E-state index contributed by atoms with van der Waals surface area (Å²) < 4.78 is 19.3. The first kappa shape index (κ1) is 14.0. The van der Waals surface area contributed by atoms with E-state index in [1.165, 1.54) is 31.4 Å². The Labute approximate surface area is 114 Å². The summed E-state index contributed by atoms with van der Waals surface area (Å²) in [6.07, 6.45) is 6.35. The number of rotatable bonds is 3. The van der Waals surface area contributed by atoms with Crippen LogP contribution < -0.4 is 5.73 Å². The van der Waals surface area contributed by atoms with Crippen molar-refractivity contribution in [2.45, 2.75) is 44.8 Å². The molecule has 19 heavy (non-hydrogen) atoms. The van der Waals surface area contributed by atoms with E-state index in [0.717, 1.165) is 18.4 Å². The first-order chi connectivity index (χ1) is 9.28. The summed E-state index contributed by atoms with van der Waals surface area (Å²) in [6.45, 7) is 0.740. The van der Waals surface area contributed by atoms with Crippen LogP contribution in [0.2, 0.25) is 0 Å². The summed E-state index contributed by atoms with van der Waals surface area (Å²) in [6, 6.07) is 4.80. The van der Waals surface area contributed by atoms with Gasteiger partial charge < -0.3 is 10.5 Å². The Morgan fingerprint density at radius 1 is 1.21 bits per heavy atom. The summed E-state index contributed by atoms with van der Waals surface area (Å²) >= 11 is 0. The molecule has 102 valence electrons. The van der Waals surface area contributed by atoms with E-state index >= 15 is 0 Å². The highest BCUT2D eigenvalue weighted by Gasteiger charge is 2.13. The standard InChI is InChI=1S/C16H20FNO/c17-15-10-13(5-4-8-18)9-14(11-15)12-19-16-6-2-1-3-7-16/h9-11,16H,1-3,6-8,12,18H2. The lowest BCUT2D eigenvalue weighted by molar-refractivity contribution is 0.0167. The minimum absolute atomic E-state index is 0.272. The molecule has 1 saturated carbocycles. The lowest BCUT2D eigenvalue weighted by atomic mass is 9.98. The Hall–Kier alpha value is -1.37. The van der Waals surface area contributed by atoms with E-state index in [4.69, 9.17) is 10.5 Å². The maximum Gasteiger partial charge on any atom is 0.124 e. The fourth-order valence-electron chi connectivity index (χ4n) is 2.40. The first-order valence-electron chi connectivity index (χ1n) is 6.88. The highest BCUT2D eigenvalue weighted by molar-refractivity contribution is 5.37. The zero-order chi connectivity index (χ0) is 13.5. The number of ether oxygens (including phenoxy) is 1. The molecular formula is C16H20FNO. The van der Waals surface area contributed by atoms with Crippen LogP contribution in [0.5, 0.6) is 0 Å². The van der Waals surface area contributed by atoms with Gasteiger partial charge in [-0.2, -0.15) is 0 Å². The van der Waals surface area contributed by atoms with Gasteiger partial charge in [0.15, 0.2) is 0 Å². The Kier molecular flexibility index (Phi) is 5.38. The van der Waals surface area contributed by atoms with Gasteiger partial charge in [-0.3, -0.25) is 0 Å². The molecular weight excluding hydrogens is 241 g/mol. The topological polar surface area (TPSA) is 35.2 Å². The predicted octanol–water partition coefficient (Wildman–Crippen LogP) is 2.99. The molecule has 1 aliphatic rings. The second-order valence-electron chi connectivity index (χ2n) is 4.93. The van der Waals surface area contributed by atoms with Crippen molar-refractivity contribution in [3.05, 3.63) is 35.1 Å². The van der Waals surface area contributed by atoms with Crippen LogP contribution in [0.25, 0.3) is 0 Å². The van der Waals surface area contributed by atoms with Crippen LogP contribution in [0, 0.1) is 17.7 Å². The van der Waals surface area contributed by atoms with Crippen molar-refractivity contribution < 1.29 is 9.13 Å². The third-order valence-corrected chi connectivity index (χ3v) is 3.33. The van der Waals surface area contributed by atoms with Crippen molar-refractivity contribution in [2.75, 3.05) is 6.54 Å². The van der Waals surface area contributed by atoms with Crippen molar-refractivity contribution in [3.8, 4) is 11.8 Å². The molecule has 2 N–H and O–H groups in total. The quantitative estimate of drug-likeness (QED) is 0.849. The number of halogens is 1. The molecule has 2 nitrogen and oxygen atoms in total. The van der Waals surface area contributed by atoms with E-state index in [0.29, 0.717) is 18.3 Å². The van der Waals surface area contributed by atoms with Crippen LogP contribution in [0.3, 0.4) is 0 Å². The van der Waals surface area contributed by atoms with Gasteiger partial charge in [-0.15, -0.1) is 0 Å². The molecule has 1 aromatic rings. The van der Waals surface area contributed by atoms with Crippen LogP contribution in [-0.2, 0) is 11.3 Å². The van der Waals surface area contributed by atoms with Gasteiger partial charge in [0, 0.05) is 5.56 Å². The molecule has 0 bridgehead atoms. The molecule has 0 aliphatic heterocycles. The number of hydrogen-bond acceptors (Lipinski definition) is 2. The van der Waals surface area contributed by atoms with Crippen molar-refractivity contribution in [1.29, 1.82) is 0 Å². The van der Waals surface area contributed by atoms with Gasteiger partial charge in [-0.25, -0.2) is 4.39 Å². The second kappa shape index (κ2) is 7.28. The molecule has 0 radical (unpaired) electrons. The summed E-state index contributed by atoms with van der Waals surface area (Å²) in [4.78, 5) is 0. The molecule has 0 saturated heterocycles. The van der Waals surface area contributed by atoms with Crippen molar-refractivity contribution >= 4 is 0 Å². The van der Waals surface area contributed by atoms with Crippen LogP contribution in [0.4, 0.5) is 4.39 Å². The van der Waals surface area contributed by atoms with E-state index in [9.17, 15) is 4.39 Å². The minimum Gasteiger partial charge on any atom is -0.374 e. The fourth-order valence-corrected chi connectivity index (χ4v) is 2.40. The summed E-state index contributed by atoms with van der Waals surface area (Å²) in [7, 11) is 0. The van der Waals surface area contributed by atoms with E-state index in [1.807, 2.05) is 6.07 Å². The third kappa shape index (κ3) is 4.66. The van der Waals surface area contributed by atoms with Gasteiger partial charge in [0.2, 0.25) is 0 Å². The number of benzene rings is 1.